The number of aryl methyl sites for hydroxylation is 2. The van der Waals surface area contributed by atoms with E-state index in [-0.39, 0.29) is 23.9 Å². The lowest BCUT2D eigenvalue weighted by molar-refractivity contribution is -0.155. The molecule has 1 aliphatic rings. The van der Waals surface area contributed by atoms with Crippen LogP contribution >= 0.6 is 11.3 Å². The molecule has 1 saturated heterocycles. The monoisotopic (exact) mass is 448 g/mol. The van der Waals surface area contributed by atoms with Crippen molar-refractivity contribution in [3.63, 3.8) is 0 Å². The van der Waals surface area contributed by atoms with Crippen LogP contribution in [-0.2, 0) is 9.53 Å². The topological polar surface area (TPSA) is 59.5 Å². The van der Waals surface area contributed by atoms with Crippen molar-refractivity contribution < 1.29 is 14.3 Å². The van der Waals surface area contributed by atoms with Crippen LogP contribution in [-0.4, -0.2) is 34.8 Å². The van der Waals surface area contributed by atoms with Crippen LogP contribution in [0, 0.1) is 19.8 Å². The van der Waals surface area contributed by atoms with Crippen LogP contribution in [0.1, 0.15) is 52.4 Å². The summed E-state index contributed by atoms with van der Waals surface area (Å²) in [7, 11) is 0. The zero-order valence-corrected chi connectivity index (χ0v) is 19.5. The lowest BCUT2D eigenvalue weighted by Crippen LogP contribution is -2.40. The van der Waals surface area contributed by atoms with Crippen LogP contribution < -0.4 is 0 Å². The highest BCUT2D eigenvalue weighted by atomic mass is 32.1. The Bertz CT molecular complexity index is 1080. The van der Waals surface area contributed by atoms with E-state index in [1.54, 1.807) is 11.3 Å². The highest BCUT2D eigenvalue weighted by molar-refractivity contribution is 7.15. The Labute approximate surface area is 193 Å². The van der Waals surface area contributed by atoms with Crippen LogP contribution in [0.25, 0.3) is 10.6 Å². The molecule has 1 fully saturated rings. The number of benzene rings is 2. The molecule has 0 N–H and O–H groups in total. The smallest absolute Gasteiger partial charge is 0.309 e. The molecule has 2 aromatic carbocycles. The Morgan fingerprint density at radius 3 is 2.34 bits per heavy atom. The minimum atomic E-state index is -0.344. The average Bonchev–Trinajstić information content (AvgIpc) is 3.21. The quantitative estimate of drug-likeness (QED) is 0.478. The van der Waals surface area contributed by atoms with Crippen molar-refractivity contribution in [2.24, 2.45) is 5.92 Å². The molecule has 3 aromatic rings. The van der Waals surface area contributed by atoms with E-state index in [1.807, 2.05) is 49.1 Å². The summed E-state index contributed by atoms with van der Waals surface area (Å²) < 4.78 is 5.83. The van der Waals surface area contributed by atoms with Gasteiger partial charge in [0.15, 0.2) is 0 Å². The predicted molar refractivity (Wildman–Crippen MR) is 127 cm³/mol. The van der Waals surface area contributed by atoms with E-state index >= 15 is 0 Å². The van der Waals surface area contributed by atoms with Crippen molar-refractivity contribution >= 4 is 23.2 Å². The minimum absolute atomic E-state index is 0.0229. The van der Waals surface area contributed by atoms with Gasteiger partial charge in [0.25, 0.3) is 5.91 Å². The number of esters is 1. The van der Waals surface area contributed by atoms with Gasteiger partial charge in [-0.1, -0.05) is 48.0 Å². The van der Waals surface area contributed by atoms with Gasteiger partial charge in [-0.25, -0.2) is 4.98 Å². The van der Waals surface area contributed by atoms with Gasteiger partial charge in [-0.05, 0) is 45.7 Å². The van der Waals surface area contributed by atoms with Gasteiger partial charge in [0.1, 0.15) is 11.1 Å². The number of piperidine rings is 1. The Morgan fingerprint density at radius 1 is 1.03 bits per heavy atom. The highest BCUT2D eigenvalue weighted by Gasteiger charge is 2.30. The second-order valence-corrected chi connectivity index (χ2v) is 9.38. The number of carbonyl (C=O) groups is 2. The largest absolute Gasteiger partial charge is 0.457 e. The maximum atomic E-state index is 12.8. The molecule has 0 spiro atoms. The molecule has 5 nitrogen and oxygen atoms in total. The first-order valence-corrected chi connectivity index (χ1v) is 11.8. The van der Waals surface area contributed by atoms with Gasteiger partial charge in [-0.3, -0.25) is 9.59 Å². The lowest BCUT2D eigenvalue weighted by Gasteiger charge is -2.31. The van der Waals surface area contributed by atoms with Crippen molar-refractivity contribution in [3.05, 3.63) is 76.3 Å². The van der Waals surface area contributed by atoms with Crippen LogP contribution in [0.4, 0.5) is 0 Å². The molecule has 0 bridgehead atoms. The summed E-state index contributed by atoms with van der Waals surface area (Å²) in [6.45, 7) is 7.07. The van der Waals surface area contributed by atoms with E-state index in [2.05, 4.69) is 31.2 Å². The summed E-state index contributed by atoms with van der Waals surface area (Å²) in [4.78, 5) is 32.9. The molecule has 1 amide bonds. The maximum absolute atomic E-state index is 12.8. The molecule has 0 saturated carbocycles. The van der Waals surface area contributed by atoms with E-state index in [0.29, 0.717) is 31.5 Å². The number of nitrogens with zero attached hydrogens (tertiary/aromatic N) is 2. The second kappa shape index (κ2) is 9.65. The Morgan fingerprint density at radius 2 is 1.69 bits per heavy atom. The number of likely N-dealkylation sites (tertiary alicyclic amines) is 1. The SMILES string of the molecule is Cc1ccc(-c2nc(C)c(C(C)OC(=O)C3CCN(C(=O)c4ccccc4)CC3)s2)cc1. The second-order valence-electron chi connectivity index (χ2n) is 8.35. The molecule has 0 radical (unpaired) electrons. The van der Waals surface area contributed by atoms with Crippen LogP contribution in [0.3, 0.4) is 0 Å². The summed E-state index contributed by atoms with van der Waals surface area (Å²) in [5, 5.41) is 0.938. The summed E-state index contributed by atoms with van der Waals surface area (Å²) in [5.41, 5.74) is 3.87. The van der Waals surface area contributed by atoms with Crippen LogP contribution in [0.15, 0.2) is 54.6 Å². The lowest BCUT2D eigenvalue weighted by atomic mass is 9.96. The van der Waals surface area contributed by atoms with Gasteiger partial charge in [0, 0.05) is 24.2 Å². The van der Waals surface area contributed by atoms with E-state index in [1.165, 1.54) is 5.56 Å². The summed E-state index contributed by atoms with van der Waals surface area (Å²) in [6, 6.07) is 17.6. The molecule has 32 heavy (non-hydrogen) atoms. The number of hydrogen-bond acceptors (Lipinski definition) is 5. The average molecular weight is 449 g/mol. The molecule has 0 aliphatic carbocycles. The summed E-state index contributed by atoms with van der Waals surface area (Å²) in [5.74, 6) is -0.342. The Balaban J connectivity index is 1.34. The first-order valence-electron chi connectivity index (χ1n) is 11.0. The molecular formula is C26H28N2O3S. The summed E-state index contributed by atoms with van der Waals surface area (Å²) >= 11 is 1.58. The van der Waals surface area contributed by atoms with Gasteiger partial charge in [0.05, 0.1) is 16.5 Å². The van der Waals surface area contributed by atoms with Crippen molar-refractivity contribution in [3.8, 4) is 10.6 Å². The molecule has 2 heterocycles. The number of aromatic nitrogens is 1. The normalized spacial score (nSPS) is 15.4. The number of hydrogen-bond donors (Lipinski definition) is 0. The molecule has 6 heteroatoms. The van der Waals surface area contributed by atoms with E-state index < -0.39 is 0 Å². The Hall–Kier alpha value is -2.99. The number of amides is 1. The molecule has 1 unspecified atom stereocenters. The maximum Gasteiger partial charge on any atom is 0.309 e. The molecule has 4 rings (SSSR count). The third kappa shape index (κ3) is 4.91. The number of thiazole rings is 1. The predicted octanol–water partition coefficient (Wildman–Crippen LogP) is 5.58. The molecular weight excluding hydrogens is 420 g/mol. The van der Waals surface area contributed by atoms with Crippen LogP contribution in [0.5, 0.6) is 0 Å². The minimum Gasteiger partial charge on any atom is -0.457 e. The molecule has 1 aromatic heterocycles. The Kier molecular flexibility index (Phi) is 6.70. The molecule has 1 atom stereocenters. The fraction of sp³-hybridized carbons (Fsp3) is 0.346. The number of rotatable bonds is 5. The van der Waals surface area contributed by atoms with Gasteiger partial charge in [-0.15, -0.1) is 11.3 Å². The third-order valence-corrected chi connectivity index (χ3v) is 7.30. The zero-order chi connectivity index (χ0) is 22.7. The van der Waals surface area contributed by atoms with Crippen LogP contribution in [0.2, 0.25) is 0 Å². The van der Waals surface area contributed by atoms with Crippen molar-refractivity contribution in [2.75, 3.05) is 13.1 Å². The van der Waals surface area contributed by atoms with Gasteiger partial charge in [0.2, 0.25) is 0 Å². The molecule has 166 valence electrons. The van der Waals surface area contributed by atoms with Crippen molar-refractivity contribution in [2.45, 2.75) is 39.7 Å². The standard InChI is InChI=1S/C26H28N2O3S/c1-17-9-11-20(12-10-17)24-27-18(2)23(32-24)19(3)31-26(30)22-13-15-28(16-14-22)25(29)21-7-5-4-6-8-21/h4-12,19,22H,13-16H2,1-3H3. The van der Waals surface area contributed by atoms with Crippen molar-refractivity contribution in [1.82, 2.24) is 9.88 Å². The third-order valence-electron chi connectivity index (χ3n) is 5.93. The van der Waals surface area contributed by atoms with Crippen molar-refractivity contribution in [1.29, 1.82) is 0 Å². The first-order chi connectivity index (χ1) is 15.4. The fourth-order valence-corrected chi connectivity index (χ4v) is 5.06. The number of carbonyl (C=O) groups excluding carboxylic acids is 2. The summed E-state index contributed by atoms with van der Waals surface area (Å²) in [6.07, 6.45) is 0.907. The van der Waals surface area contributed by atoms with E-state index in [4.69, 9.17) is 9.72 Å². The molecule has 1 aliphatic heterocycles. The van der Waals surface area contributed by atoms with E-state index in [0.717, 1.165) is 21.1 Å². The first kappa shape index (κ1) is 22.2. The van der Waals surface area contributed by atoms with Gasteiger partial charge >= 0.3 is 5.97 Å². The fourth-order valence-electron chi connectivity index (χ4n) is 4.01. The zero-order valence-electron chi connectivity index (χ0n) is 18.7. The van der Waals surface area contributed by atoms with E-state index in [9.17, 15) is 9.59 Å². The van der Waals surface area contributed by atoms with Gasteiger partial charge in [-0.2, -0.15) is 0 Å². The number of ether oxygens (including phenoxy) is 1. The van der Waals surface area contributed by atoms with Gasteiger partial charge < -0.3 is 9.64 Å². The highest BCUT2D eigenvalue weighted by Crippen LogP contribution is 2.34.